The van der Waals surface area contributed by atoms with Crippen molar-refractivity contribution in [2.75, 3.05) is 5.32 Å². The van der Waals surface area contributed by atoms with Crippen molar-refractivity contribution in [3.05, 3.63) is 64.2 Å². The molecule has 0 radical (unpaired) electrons. The van der Waals surface area contributed by atoms with Gasteiger partial charge in [-0.25, -0.2) is 4.79 Å². The zero-order chi connectivity index (χ0) is 24.1. The topological polar surface area (TPSA) is 67.4 Å². The Bertz CT molecular complexity index is 981. The van der Waals surface area contributed by atoms with Crippen molar-refractivity contribution in [1.29, 1.82) is 0 Å². The number of ether oxygens (including phenoxy) is 1. The van der Waals surface area contributed by atoms with Gasteiger partial charge in [0.25, 0.3) is 0 Å². The number of benzene rings is 2. The molecular weight excluding hydrogens is 400 g/mol. The van der Waals surface area contributed by atoms with Crippen molar-refractivity contribution < 1.29 is 14.3 Å². The maximum Gasteiger partial charge on any atom is 0.412 e. The van der Waals surface area contributed by atoms with Crippen molar-refractivity contribution in [3.63, 3.8) is 0 Å². The molecule has 2 N–H and O–H groups in total. The Balaban J connectivity index is 2.15. The number of carbonyl (C=O) groups excluding carboxylic acids is 2. The minimum Gasteiger partial charge on any atom is -0.443 e. The second-order valence-corrected chi connectivity index (χ2v) is 9.47. The molecule has 5 heteroatoms. The van der Waals surface area contributed by atoms with E-state index in [0.29, 0.717) is 0 Å². The van der Waals surface area contributed by atoms with Gasteiger partial charge in [0.1, 0.15) is 5.60 Å². The molecule has 32 heavy (non-hydrogen) atoms. The summed E-state index contributed by atoms with van der Waals surface area (Å²) in [5.41, 5.74) is 5.56. The Hall–Kier alpha value is -2.82. The SMILES string of the molecule is CCC(C)(C)OC(=O)Nc1ccc(Cc2ccc(C(C)(CC)NC(C)=O)c(C)c2)cc1C. The van der Waals surface area contributed by atoms with Crippen LogP contribution in [0.2, 0.25) is 0 Å². The molecule has 0 bridgehead atoms. The molecule has 0 spiro atoms. The molecule has 0 fully saturated rings. The van der Waals surface area contributed by atoms with E-state index in [1.165, 1.54) is 11.1 Å². The summed E-state index contributed by atoms with van der Waals surface area (Å²) >= 11 is 0. The van der Waals surface area contributed by atoms with Crippen LogP contribution in [0.4, 0.5) is 10.5 Å². The number of rotatable bonds is 8. The number of amides is 2. The molecular formula is C27H38N2O3. The molecule has 2 rings (SSSR count). The molecule has 2 amide bonds. The predicted molar refractivity (Wildman–Crippen MR) is 131 cm³/mol. The fourth-order valence-electron chi connectivity index (χ4n) is 3.86. The van der Waals surface area contributed by atoms with Crippen LogP contribution < -0.4 is 10.6 Å². The first kappa shape index (κ1) is 25.4. The Kier molecular flexibility index (Phi) is 8.11. The van der Waals surface area contributed by atoms with Gasteiger partial charge in [0, 0.05) is 12.6 Å². The predicted octanol–water partition coefficient (Wildman–Crippen LogP) is 6.39. The van der Waals surface area contributed by atoms with Crippen LogP contribution in [0.25, 0.3) is 0 Å². The van der Waals surface area contributed by atoms with E-state index in [0.717, 1.165) is 41.6 Å². The van der Waals surface area contributed by atoms with E-state index >= 15 is 0 Å². The quantitative estimate of drug-likeness (QED) is 0.501. The molecule has 0 heterocycles. The van der Waals surface area contributed by atoms with Crippen LogP contribution in [0.5, 0.6) is 0 Å². The second kappa shape index (κ2) is 10.2. The number of carbonyl (C=O) groups is 2. The lowest BCUT2D eigenvalue weighted by molar-refractivity contribution is -0.120. The third-order valence-electron chi connectivity index (χ3n) is 6.20. The van der Waals surface area contributed by atoms with Gasteiger partial charge in [0.05, 0.1) is 5.54 Å². The Morgan fingerprint density at radius 1 is 0.906 bits per heavy atom. The maximum absolute atomic E-state index is 12.2. The lowest BCUT2D eigenvalue weighted by Gasteiger charge is -2.31. The average Bonchev–Trinajstić information content (AvgIpc) is 2.69. The largest absolute Gasteiger partial charge is 0.443 e. The van der Waals surface area contributed by atoms with Gasteiger partial charge in [-0.05, 0) is 87.8 Å². The molecule has 0 saturated carbocycles. The lowest BCUT2D eigenvalue weighted by Crippen LogP contribution is -2.42. The van der Waals surface area contributed by atoms with Gasteiger partial charge in [-0.1, -0.05) is 44.2 Å². The van der Waals surface area contributed by atoms with E-state index in [9.17, 15) is 9.59 Å². The molecule has 1 unspecified atom stereocenters. The molecule has 0 aliphatic carbocycles. The zero-order valence-corrected chi connectivity index (χ0v) is 20.8. The number of hydrogen-bond donors (Lipinski definition) is 2. The molecule has 0 aliphatic heterocycles. The van der Waals surface area contributed by atoms with E-state index in [4.69, 9.17) is 4.74 Å². The van der Waals surface area contributed by atoms with E-state index in [2.05, 4.69) is 55.7 Å². The second-order valence-electron chi connectivity index (χ2n) is 9.47. The highest BCUT2D eigenvalue weighted by Crippen LogP contribution is 2.29. The highest BCUT2D eigenvalue weighted by atomic mass is 16.6. The molecule has 0 aliphatic rings. The summed E-state index contributed by atoms with van der Waals surface area (Å²) in [5.74, 6) is -0.0239. The fourth-order valence-corrected chi connectivity index (χ4v) is 3.86. The monoisotopic (exact) mass is 438 g/mol. The number of hydrogen-bond acceptors (Lipinski definition) is 3. The average molecular weight is 439 g/mol. The summed E-state index contributed by atoms with van der Waals surface area (Å²) in [7, 11) is 0. The minimum atomic E-state index is -0.490. The van der Waals surface area contributed by atoms with E-state index in [1.807, 2.05) is 39.8 Å². The minimum absolute atomic E-state index is 0.0239. The standard InChI is InChI=1S/C27H38N2O3/c1-9-26(6,7)32-25(31)28-24-14-12-22(16-19(24)4)17-21-11-13-23(18(3)15-21)27(8,10-2)29-20(5)30/h11-16H,9-10,17H2,1-8H3,(H,28,31)(H,29,30). The van der Waals surface area contributed by atoms with Crippen LogP contribution in [-0.2, 0) is 21.5 Å². The fraction of sp³-hybridized carbons (Fsp3) is 0.481. The molecule has 0 saturated heterocycles. The molecule has 2 aromatic carbocycles. The van der Waals surface area contributed by atoms with Crippen molar-refractivity contribution in [2.45, 2.75) is 85.8 Å². The molecule has 0 aromatic heterocycles. The molecule has 5 nitrogen and oxygen atoms in total. The van der Waals surface area contributed by atoms with Gasteiger partial charge in [-0.15, -0.1) is 0 Å². The third kappa shape index (κ3) is 6.59. The summed E-state index contributed by atoms with van der Waals surface area (Å²) in [6, 6.07) is 12.5. The van der Waals surface area contributed by atoms with Crippen LogP contribution in [0.1, 0.15) is 82.2 Å². The van der Waals surface area contributed by atoms with E-state index in [1.54, 1.807) is 6.92 Å². The smallest absolute Gasteiger partial charge is 0.412 e. The Morgan fingerprint density at radius 2 is 1.50 bits per heavy atom. The lowest BCUT2D eigenvalue weighted by atomic mass is 9.85. The summed E-state index contributed by atoms with van der Waals surface area (Å²) in [6.45, 7) is 15.6. The Labute approximate surface area is 192 Å². The van der Waals surface area contributed by atoms with Gasteiger partial charge < -0.3 is 10.1 Å². The third-order valence-corrected chi connectivity index (χ3v) is 6.20. The normalized spacial score (nSPS) is 13.2. The molecule has 1 atom stereocenters. The first-order valence-electron chi connectivity index (χ1n) is 11.4. The number of nitrogens with one attached hydrogen (secondary N) is 2. The van der Waals surface area contributed by atoms with Crippen LogP contribution in [0, 0.1) is 13.8 Å². The van der Waals surface area contributed by atoms with E-state index < -0.39 is 11.7 Å². The van der Waals surface area contributed by atoms with Crippen molar-refractivity contribution in [1.82, 2.24) is 5.32 Å². The van der Waals surface area contributed by atoms with Gasteiger partial charge in [0.15, 0.2) is 0 Å². The van der Waals surface area contributed by atoms with Crippen molar-refractivity contribution >= 4 is 17.7 Å². The zero-order valence-electron chi connectivity index (χ0n) is 20.8. The summed E-state index contributed by atoms with van der Waals surface area (Å²) in [5, 5.41) is 5.95. The van der Waals surface area contributed by atoms with Gasteiger partial charge in [0.2, 0.25) is 5.91 Å². The molecule has 174 valence electrons. The van der Waals surface area contributed by atoms with Gasteiger partial charge in [-0.2, -0.15) is 0 Å². The van der Waals surface area contributed by atoms with Gasteiger partial charge >= 0.3 is 6.09 Å². The maximum atomic E-state index is 12.2. The first-order valence-corrected chi connectivity index (χ1v) is 11.4. The van der Waals surface area contributed by atoms with E-state index in [-0.39, 0.29) is 11.4 Å². The van der Waals surface area contributed by atoms with Crippen molar-refractivity contribution in [2.24, 2.45) is 0 Å². The Morgan fingerprint density at radius 3 is 2.00 bits per heavy atom. The highest BCUT2D eigenvalue weighted by molar-refractivity contribution is 5.86. The number of anilines is 1. The van der Waals surface area contributed by atoms with Crippen LogP contribution >= 0.6 is 0 Å². The van der Waals surface area contributed by atoms with Gasteiger partial charge in [-0.3, -0.25) is 10.1 Å². The summed E-state index contributed by atoms with van der Waals surface area (Å²) in [4.78, 5) is 23.9. The summed E-state index contributed by atoms with van der Waals surface area (Å²) in [6.07, 6.45) is 1.92. The van der Waals surface area contributed by atoms with Crippen LogP contribution in [0.3, 0.4) is 0 Å². The molecule has 2 aromatic rings. The van der Waals surface area contributed by atoms with Crippen LogP contribution in [0.15, 0.2) is 36.4 Å². The van der Waals surface area contributed by atoms with Crippen molar-refractivity contribution in [3.8, 4) is 0 Å². The first-order chi connectivity index (χ1) is 14.9. The highest BCUT2D eigenvalue weighted by Gasteiger charge is 2.27. The summed E-state index contributed by atoms with van der Waals surface area (Å²) < 4.78 is 5.48. The number of aryl methyl sites for hydroxylation is 2. The van der Waals surface area contributed by atoms with Crippen LogP contribution in [-0.4, -0.2) is 17.6 Å².